The summed E-state index contributed by atoms with van der Waals surface area (Å²) >= 11 is 0. The Bertz CT molecular complexity index is 835. The molecule has 0 saturated heterocycles. The minimum Gasteiger partial charge on any atom is -0.493 e. The van der Waals surface area contributed by atoms with Crippen LogP contribution >= 0.6 is 0 Å². The average Bonchev–Trinajstić information content (AvgIpc) is 2.76. The van der Waals surface area contributed by atoms with Crippen molar-refractivity contribution in [2.24, 2.45) is 4.99 Å². The standard InChI is InChI=1S/C22H29F2N3O4/c1-6-25-22(27(2)14-15-7-9-17(10-8-15)31-21(23)24)26-13-16-11-18(28-3)20(30-5)19(12-16)29-4/h7-12,21H,6,13-14H2,1-5H3,(H,25,26). The number of ether oxygens (including phenoxy) is 4. The largest absolute Gasteiger partial charge is 0.493 e. The van der Waals surface area contributed by atoms with E-state index in [-0.39, 0.29) is 5.75 Å². The van der Waals surface area contributed by atoms with Crippen LogP contribution in [0.5, 0.6) is 23.0 Å². The third-order valence-corrected chi connectivity index (χ3v) is 4.40. The molecule has 0 aliphatic rings. The van der Waals surface area contributed by atoms with E-state index in [0.717, 1.165) is 11.1 Å². The zero-order valence-electron chi connectivity index (χ0n) is 18.4. The van der Waals surface area contributed by atoms with Crippen molar-refractivity contribution in [3.63, 3.8) is 0 Å². The second-order valence-electron chi connectivity index (χ2n) is 6.58. The molecule has 0 heterocycles. The number of rotatable bonds is 10. The van der Waals surface area contributed by atoms with Gasteiger partial charge in [0.1, 0.15) is 5.75 Å². The lowest BCUT2D eigenvalue weighted by atomic mass is 10.2. The molecule has 2 rings (SSSR count). The summed E-state index contributed by atoms with van der Waals surface area (Å²) in [6.07, 6.45) is 0. The van der Waals surface area contributed by atoms with E-state index in [1.54, 1.807) is 33.5 Å². The van der Waals surface area contributed by atoms with Crippen molar-refractivity contribution in [2.75, 3.05) is 34.9 Å². The fourth-order valence-electron chi connectivity index (χ4n) is 2.99. The van der Waals surface area contributed by atoms with Gasteiger partial charge >= 0.3 is 6.61 Å². The van der Waals surface area contributed by atoms with Crippen molar-refractivity contribution < 1.29 is 27.7 Å². The van der Waals surface area contributed by atoms with E-state index in [4.69, 9.17) is 19.2 Å². The summed E-state index contributed by atoms with van der Waals surface area (Å²) < 4.78 is 45.2. The number of guanidine groups is 1. The predicted molar refractivity (Wildman–Crippen MR) is 115 cm³/mol. The lowest BCUT2D eigenvalue weighted by molar-refractivity contribution is -0.0498. The van der Waals surface area contributed by atoms with E-state index in [1.165, 1.54) is 12.1 Å². The number of hydrogen-bond acceptors (Lipinski definition) is 5. The van der Waals surface area contributed by atoms with Crippen LogP contribution in [0.2, 0.25) is 0 Å². The van der Waals surface area contributed by atoms with Gasteiger partial charge in [-0.25, -0.2) is 4.99 Å². The minimum atomic E-state index is -2.84. The summed E-state index contributed by atoms with van der Waals surface area (Å²) in [6, 6.07) is 10.3. The van der Waals surface area contributed by atoms with Gasteiger partial charge in [-0.15, -0.1) is 0 Å². The number of methoxy groups -OCH3 is 3. The predicted octanol–water partition coefficient (Wildman–Crippen LogP) is 3.91. The molecule has 170 valence electrons. The quantitative estimate of drug-likeness (QED) is 0.449. The highest BCUT2D eigenvalue weighted by atomic mass is 19.3. The van der Waals surface area contributed by atoms with Crippen LogP contribution in [-0.4, -0.2) is 52.4 Å². The molecule has 0 saturated carbocycles. The normalized spacial score (nSPS) is 11.3. The first-order valence-corrected chi connectivity index (χ1v) is 9.73. The van der Waals surface area contributed by atoms with Crippen LogP contribution in [0.3, 0.4) is 0 Å². The Morgan fingerprint density at radius 1 is 1.00 bits per heavy atom. The Balaban J connectivity index is 2.15. The average molecular weight is 437 g/mol. The molecule has 0 bridgehead atoms. The molecule has 0 unspecified atom stereocenters. The molecule has 1 N–H and O–H groups in total. The van der Waals surface area contributed by atoms with Gasteiger partial charge in [-0.1, -0.05) is 12.1 Å². The zero-order valence-corrected chi connectivity index (χ0v) is 18.4. The van der Waals surface area contributed by atoms with Gasteiger partial charge in [0.25, 0.3) is 0 Å². The molecule has 0 aliphatic heterocycles. The Morgan fingerprint density at radius 2 is 1.61 bits per heavy atom. The molecule has 9 heteroatoms. The van der Waals surface area contributed by atoms with Crippen LogP contribution in [0.1, 0.15) is 18.1 Å². The molecule has 0 atom stereocenters. The fraction of sp³-hybridized carbons (Fsp3) is 0.409. The number of halogens is 2. The van der Waals surface area contributed by atoms with Gasteiger partial charge in [0, 0.05) is 20.1 Å². The summed E-state index contributed by atoms with van der Waals surface area (Å²) in [5.41, 5.74) is 1.83. The van der Waals surface area contributed by atoms with E-state index in [0.29, 0.717) is 42.8 Å². The second-order valence-corrected chi connectivity index (χ2v) is 6.58. The van der Waals surface area contributed by atoms with E-state index in [2.05, 4.69) is 10.1 Å². The molecule has 0 fully saturated rings. The highest BCUT2D eigenvalue weighted by Crippen LogP contribution is 2.38. The maximum atomic E-state index is 12.3. The molecule has 0 aliphatic carbocycles. The molecule has 2 aromatic rings. The van der Waals surface area contributed by atoms with Crippen LogP contribution in [0.25, 0.3) is 0 Å². The number of aliphatic imine (C=N–C) groups is 1. The van der Waals surface area contributed by atoms with Crippen molar-refractivity contribution >= 4 is 5.96 Å². The van der Waals surface area contributed by atoms with Gasteiger partial charge in [-0.05, 0) is 42.3 Å². The smallest absolute Gasteiger partial charge is 0.387 e. The highest BCUT2D eigenvalue weighted by molar-refractivity contribution is 5.79. The zero-order chi connectivity index (χ0) is 22.8. The van der Waals surface area contributed by atoms with Crippen molar-refractivity contribution in [1.29, 1.82) is 0 Å². The molecule has 0 amide bonds. The Labute approximate surface area is 181 Å². The van der Waals surface area contributed by atoms with Gasteiger partial charge in [-0.2, -0.15) is 8.78 Å². The summed E-state index contributed by atoms with van der Waals surface area (Å²) in [4.78, 5) is 6.65. The van der Waals surface area contributed by atoms with E-state index < -0.39 is 6.61 Å². The maximum absolute atomic E-state index is 12.3. The van der Waals surface area contributed by atoms with Gasteiger partial charge in [0.15, 0.2) is 17.5 Å². The van der Waals surface area contributed by atoms with Crippen molar-refractivity contribution in [3.05, 3.63) is 47.5 Å². The first-order chi connectivity index (χ1) is 14.9. The molecular formula is C22H29F2N3O4. The van der Waals surface area contributed by atoms with E-state index in [9.17, 15) is 8.78 Å². The van der Waals surface area contributed by atoms with Gasteiger partial charge in [-0.3, -0.25) is 0 Å². The van der Waals surface area contributed by atoms with Crippen LogP contribution in [-0.2, 0) is 13.1 Å². The van der Waals surface area contributed by atoms with Crippen LogP contribution in [0.15, 0.2) is 41.4 Å². The third-order valence-electron chi connectivity index (χ3n) is 4.40. The SMILES string of the molecule is CCNC(=NCc1cc(OC)c(OC)c(OC)c1)N(C)Cc1ccc(OC(F)F)cc1. The van der Waals surface area contributed by atoms with E-state index >= 15 is 0 Å². The topological polar surface area (TPSA) is 64.6 Å². The van der Waals surface area contributed by atoms with Gasteiger partial charge in [0.05, 0.1) is 27.9 Å². The summed E-state index contributed by atoms with van der Waals surface area (Å²) in [7, 11) is 6.60. The minimum absolute atomic E-state index is 0.129. The molecule has 31 heavy (non-hydrogen) atoms. The Morgan fingerprint density at radius 3 is 2.10 bits per heavy atom. The third kappa shape index (κ3) is 6.91. The van der Waals surface area contributed by atoms with Crippen molar-refractivity contribution in [1.82, 2.24) is 10.2 Å². The molecule has 0 spiro atoms. The number of hydrogen-bond donors (Lipinski definition) is 1. The van der Waals surface area contributed by atoms with Gasteiger partial charge < -0.3 is 29.2 Å². The summed E-state index contributed by atoms with van der Waals surface area (Å²) in [5.74, 6) is 2.49. The van der Waals surface area contributed by atoms with Crippen molar-refractivity contribution in [2.45, 2.75) is 26.6 Å². The Hall–Kier alpha value is -3.23. The number of nitrogens with zero attached hydrogens (tertiary/aromatic N) is 2. The molecule has 0 aromatic heterocycles. The van der Waals surface area contributed by atoms with Gasteiger partial charge in [0.2, 0.25) is 5.75 Å². The van der Waals surface area contributed by atoms with Crippen molar-refractivity contribution in [3.8, 4) is 23.0 Å². The molecule has 2 aromatic carbocycles. The monoisotopic (exact) mass is 437 g/mol. The van der Waals surface area contributed by atoms with Crippen LogP contribution in [0, 0.1) is 0 Å². The summed E-state index contributed by atoms with van der Waals surface area (Å²) in [6.45, 7) is 0.774. The van der Waals surface area contributed by atoms with Crippen LogP contribution < -0.4 is 24.3 Å². The second kappa shape index (κ2) is 11.8. The molecule has 0 radical (unpaired) electrons. The summed E-state index contributed by atoms with van der Waals surface area (Å²) in [5, 5.41) is 3.25. The lowest BCUT2D eigenvalue weighted by Crippen LogP contribution is -2.38. The Kier molecular flexibility index (Phi) is 9.17. The fourth-order valence-corrected chi connectivity index (χ4v) is 2.99. The number of nitrogens with one attached hydrogen (secondary N) is 1. The number of alkyl halides is 2. The first kappa shape index (κ1) is 24.0. The molecule has 7 nitrogen and oxygen atoms in total. The van der Waals surface area contributed by atoms with E-state index in [1.807, 2.05) is 31.0 Å². The maximum Gasteiger partial charge on any atom is 0.387 e. The highest BCUT2D eigenvalue weighted by Gasteiger charge is 2.14. The lowest BCUT2D eigenvalue weighted by Gasteiger charge is -2.22. The van der Waals surface area contributed by atoms with Crippen LogP contribution in [0.4, 0.5) is 8.78 Å². The number of benzene rings is 2. The molecular weight excluding hydrogens is 408 g/mol. The first-order valence-electron chi connectivity index (χ1n) is 9.73.